The van der Waals surface area contributed by atoms with Crippen LogP contribution in [0.5, 0.6) is 5.75 Å². The van der Waals surface area contributed by atoms with E-state index < -0.39 is 23.8 Å². The Labute approximate surface area is 312 Å². The van der Waals surface area contributed by atoms with Crippen molar-refractivity contribution in [3.05, 3.63) is 108 Å². The Morgan fingerprint density at radius 1 is 0.811 bits per heavy atom. The van der Waals surface area contributed by atoms with Gasteiger partial charge in [-0.25, -0.2) is 4.79 Å². The molecule has 1 aromatic heterocycles. The Bertz CT molecular complexity index is 1800. The summed E-state index contributed by atoms with van der Waals surface area (Å²) in [4.78, 5) is 45.6. The van der Waals surface area contributed by atoms with Crippen molar-refractivity contribution >= 4 is 28.7 Å². The molecule has 5 rings (SSSR count). The average molecular weight is 724 g/mol. The lowest BCUT2D eigenvalue weighted by Crippen LogP contribution is -2.52. The minimum Gasteiger partial charge on any atom is -0.488 e. The molecule has 1 aliphatic carbocycles. The lowest BCUT2D eigenvalue weighted by Gasteiger charge is -2.28. The molecule has 4 N–H and O–H groups in total. The zero-order valence-corrected chi connectivity index (χ0v) is 31.4. The fourth-order valence-corrected chi connectivity index (χ4v) is 6.23. The molecule has 0 spiro atoms. The van der Waals surface area contributed by atoms with Crippen LogP contribution in [-0.4, -0.2) is 60.5 Å². The van der Waals surface area contributed by atoms with Gasteiger partial charge in [0.1, 0.15) is 17.4 Å². The van der Waals surface area contributed by atoms with Gasteiger partial charge in [0.2, 0.25) is 11.8 Å². The van der Waals surface area contributed by atoms with E-state index in [1.165, 1.54) is 0 Å². The SMILES string of the molecule is CCOC(CC(NC(=O)[C@H](Cc1ccc(OC(C)(C)C)cc1)NC(=O)C1(CNC(=O)NCc2ccccc2)CC1)c1ccnc2ccccc12)OCC. The molecule has 0 bridgehead atoms. The molecular formula is C42H53N5O6. The van der Waals surface area contributed by atoms with Gasteiger partial charge in [-0.3, -0.25) is 14.6 Å². The van der Waals surface area contributed by atoms with E-state index in [1.807, 2.05) is 120 Å². The van der Waals surface area contributed by atoms with Crippen LogP contribution in [0.25, 0.3) is 10.9 Å². The first kappa shape index (κ1) is 39.2. The molecule has 1 fully saturated rings. The van der Waals surface area contributed by atoms with Crippen molar-refractivity contribution in [2.24, 2.45) is 5.41 Å². The number of amides is 4. The van der Waals surface area contributed by atoms with Crippen molar-refractivity contribution in [1.29, 1.82) is 0 Å². The molecule has 2 atom stereocenters. The first-order valence-corrected chi connectivity index (χ1v) is 18.5. The van der Waals surface area contributed by atoms with Crippen LogP contribution in [0.3, 0.4) is 0 Å². The summed E-state index contributed by atoms with van der Waals surface area (Å²) in [5, 5.41) is 12.9. The van der Waals surface area contributed by atoms with Gasteiger partial charge >= 0.3 is 6.03 Å². The van der Waals surface area contributed by atoms with E-state index in [0.717, 1.165) is 27.6 Å². The van der Waals surface area contributed by atoms with Crippen molar-refractivity contribution in [3.63, 3.8) is 0 Å². The van der Waals surface area contributed by atoms with Gasteiger partial charge in [0.25, 0.3) is 0 Å². The third kappa shape index (κ3) is 11.5. The molecule has 1 aliphatic rings. The predicted octanol–water partition coefficient (Wildman–Crippen LogP) is 6.37. The second-order valence-electron chi connectivity index (χ2n) is 14.4. The maximum Gasteiger partial charge on any atom is 0.315 e. The van der Waals surface area contributed by atoms with Crippen LogP contribution in [0.2, 0.25) is 0 Å². The van der Waals surface area contributed by atoms with E-state index in [0.29, 0.717) is 44.8 Å². The van der Waals surface area contributed by atoms with Crippen molar-refractivity contribution < 1.29 is 28.6 Å². The number of hydrogen-bond acceptors (Lipinski definition) is 7. The largest absolute Gasteiger partial charge is 0.488 e. The molecule has 3 aromatic carbocycles. The van der Waals surface area contributed by atoms with Crippen LogP contribution in [-0.2, 0) is 32.0 Å². The van der Waals surface area contributed by atoms with E-state index in [2.05, 4.69) is 26.3 Å². The third-order valence-corrected chi connectivity index (χ3v) is 9.14. The second kappa shape index (κ2) is 18.2. The Hall–Kier alpha value is -5.00. The van der Waals surface area contributed by atoms with Crippen LogP contribution < -0.4 is 26.0 Å². The predicted molar refractivity (Wildman–Crippen MR) is 205 cm³/mol. The molecule has 282 valence electrons. The topological polar surface area (TPSA) is 140 Å². The number of aromatic nitrogens is 1. The molecule has 0 saturated heterocycles. The number of para-hydroxylation sites is 1. The Morgan fingerprint density at radius 3 is 2.15 bits per heavy atom. The van der Waals surface area contributed by atoms with Crippen LogP contribution in [0.4, 0.5) is 4.79 Å². The van der Waals surface area contributed by atoms with Gasteiger partial charge in [-0.1, -0.05) is 60.7 Å². The van der Waals surface area contributed by atoms with Gasteiger partial charge in [-0.05, 0) is 88.4 Å². The maximum atomic E-state index is 14.5. The average Bonchev–Trinajstić information content (AvgIpc) is 3.94. The molecule has 1 unspecified atom stereocenters. The Balaban J connectivity index is 1.36. The van der Waals surface area contributed by atoms with Crippen LogP contribution >= 0.6 is 0 Å². The molecule has 0 radical (unpaired) electrons. The molecule has 1 heterocycles. The van der Waals surface area contributed by atoms with Gasteiger partial charge in [-0.15, -0.1) is 0 Å². The smallest absolute Gasteiger partial charge is 0.315 e. The van der Waals surface area contributed by atoms with Gasteiger partial charge in [0.15, 0.2) is 6.29 Å². The van der Waals surface area contributed by atoms with E-state index in [-0.39, 0.29) is 36.4 Å². The quantitative estimate of drug-likeness (QED) is 0.0876. The van der Waals surface area contributed by atoms with E-state index in [4.69, 9.17) is 14.2 Å². The zero-order chi connectivity index (χ0) is 37.8. The molecule has 11 heteroatoms. The first-order chi connectivity index (χ1) is 25.5. The maximum absolute atomic E-state index is 14.5. The van der Waals surface area contributed by atoms with Gasteiger partial charge < -0.3 is 35.5 Å². The van der Waals surface area contributed by atoms with Crippen LogP contribution in [0.15, 0.2) is 91.1 Å². The summed E-state index contributed by atoms with van der Waals surface area (Å²) in [5.41, 5.74) is 2.32. The van der Waals surface area contributed by atoms with Crippen molar-refractivity contribution in [2.45, 2.75) is 90.8 Å². The van der Waals surface area contributed by atoms with Crippen molar-refractivity contribution in [3.8, 4) is 5.75 Å². The fourth-order valence-electron chi connectivity index (χ4n) is 6.23. The number of ether oxygens (including phenoxy) is 3. The van der Waals surface area contributed by atoms with Crippen molar-refractivity contribution in [1.82, 2.24) is 26.3 Å². The van der Waals surface area contributed by atoms with E-state index >= 15 is 0 Å². The van der Waals surface area contributed by atoms with Crippen molar-refractivity contribution in [2.75, 3.05) is 19.8 Å². The lowest BCUT2D eigenvalue weighted by atomic mass is 9.97. The number of urea groups is 1. The van der Waals surface area contributed by atoms with E-state index in [9.17, 15) is 14.4 Å². The number of carbonyl (C=O) groups is 3. The first-order valence-electron chi connectivity index (χ1n) is 18.5. The molecular weight excluding hydrogens is 670 g/mol. The molecule has 11 nitrogen and oxygen atoms in total. The molecule has 4 aromatic rings. The molecule has 53 heavy (non-hydrogen) atoms. The lowest BCUT2D eigenvalue weighted by molar-refractivity contribution is -0.145. The Morgan fingerprint density at radius 2 is 1.49 bits per heavy atom. The molecule has 0 aliphatic heterocycles. The van der Waals surface area contributed by atoms with E-state index in [1.54, 1.807) is 6.20 Å². The zero-order valence-electron chi connectivity index (χ0n) is 31.4. The number of pyridine rings is 1. The third-order valence-electron chi connectivity index (χ3n) is 9.14. The number of benzene rings is 3. The summed E-state index contributed by atoms with van der Waals surface area (Å²) in [7, 11) is 0. The number of rotatable bonds is 18. The summed E-state index contributed by atoms with van der Waals surface area (Å²) in [6.45, 7) is 11.2. The normalized spacial score (nSPS) is 14.6. The summed E-state index contributed by atoms with van der Waals surface area (Å²) >= 11 is 0. The second-order valence-corrected chi connectivity index (χ2v) is 14.4. The highest BCUT2D eigenvalue weighted by molar-refractivity contribution is 5.92. The summed E-state index contributed by atoms with van der Waals surface area (Å²) in [5.74, 6) is 0.0823. The van der Waals surface area contributed by atoms with Crippen LogP contribution in [0.1, 0.15) is 76.6 Å². The standard InChI is InChI=1S/C42H53N5O6/c1-6-51-37(52-7-2)26-35(33-21-24-43-34-16-12-11-15-32(33)34)46-38(48)36(25-29-17-19-31(20-18-29)53-41(3,4)5)47-39(49)42(22-23-42)28-45-40(50)44-27-30-13-9-8-10-14-30/h8-21,24,35-37H,6-7,22-23,25-28H2,1-5H3,(H,46,48)(H,47,49)(H2,44,45,50)/t35?,36-/m0/s1. The minimum atomic E-state index is -0.922. The highest BCUT2D eigenvalue weighted by Crippen LogP contribution is 2.45. The number of carbonyl (C=O) groups excluding carboxylic acids is 3. The van der Waals surface area contributed by atoms with Crippen LogP contribution in [0, 0.1) is 5.41 Å². The molecule has 4 amide bonds. The molecule has 1 saturated carbocycles. The summed E-state index contributed by atoms with van der Waals surface area (Å²) in [6.07, 6.45) is 2.93. The highest BCUT2D eigenvalue weighted by atomic mass is 16.7. The summed E-state index contributed by atoms with van der Waals surface area (Å²) in [6, 6.07) is 25.1. The fraction of sp³-hybridized carbons (Fsp3) is 0.429. The minimum absolute atomic E-state index is 0.155. The van der Waals surface area contributed by atoms with Gasteiger partial charge in [0, 0.05) is 50.7 Å². The summed E-state index contributed by atoms with van der Waals surface area (Å²) < 4.78 is 17.9. The Kier molecular flexibility index (Phi) is 13.4. The number of hydrogen-bond donors (Lipinski definition) is 4. The van der Waals surface area contributed by atoms with Gasteiger partial charge in [0.05, 0.1) is 17.0 Å². The number of fused-ring (bicyclic) bond motifs is 1. The van der Waals surface area contributed by atoms with Gasteiger partial charge in [-0.2, -0.15) is 0 Å². The number of nitrogens with one attached hydrogen (secondary N) is 4. The highest BCUT2D eigenvalue weighted by Gasteiger charge is 2.50. The monoisotopic (exact) mass is 723 g/mol. The number of nitrogens with zero attached hydrogens (tertiary/aromatic N) is 1.